The summed E-state index contributed by atoms with van der Waals surface area (Å²) in [6.45, 7) is 2.30. The van der Waals surface area contributed by atoms with Crippen LogP contribution in [0.2, 0.25) is 0 Å². The molecule has 1 aliphatic rings. The fraction of sp³-hybridized carbons (Fsp3) is 0.500. The fourth-order valence-corrected chi connectivity index (χ4v) is 2.74. The van der Waals surface area contributed by atoms with Crippen LogP contribution >= 0.6 is 11.3 Å². The first-order valence-corrected chi connectivity index (χ1v) is 7.74. The van der Waals surface area contributed by atoms with E-state index < -0.39 is 10.2 Å². The quantitative estimate of drug-likeness (QED) is 0.528. The third kappa shape index (κ3) is 4.03. The standard InChI is InChI=1S/C10H12N3S.ClHO4/c1-7-2-3-9-8(4-7)5-11-10-13(9)12-6-14-10;2-1(3,4)5/h5-7H,2-4H2,1H3;(H,2,3,4,5)/q+1;. The number of rotatable bonds is 0. The summed E-state index contributed by atoms with van der Waals surface area (Å²) in [6, 6.07) is 0. The van der Waals surface area contributed by atoms with E-state index in [-0.39, 0.29) is 0 Å². The van der Waals surface area contributed by atoms with E-state index in [9.17, 15) is 0 Å². The predicted molar refractivity (Wildman–Crippen MR) is 56.5 cm³/mol. The van der Waals surface area contributed by atoms with Crippen LogP contribution in [0.3, 0.4) is 0 Å². The van der Waals surface area contributed by atoms with Crippen molar-refractivity contribution in [3.05, 3.63) is 23.0 Å². The second-order valence-electron chi connectivity index (χ2n) is 4.41. The summed E-state index contributed by atoms with van der Waals surface area (Å²) in [5.74, 6) is 0.793. The van der Waals surface area contributed by atoms with E-state index in [0.717, 1.165) is 23.7 Å². The summed E-state index contributed by atoms with van der Waals surface area (Å²) in [6.07, 6.45) is 5.60. The minimum atomic E-state index is -4.69. The Kier molecular flexibility index (Phi) is 4.29. The van der Waals surface area contributed by atoms with Crippen molar-refractivity contribution < 1.29 is 33.4 Å². The highest BCUT2D eigenvalue weighted by Gasteiger charge is 2.24. The van der Waals surface area contributed by atoms with Crippen LogP contribution in [0, 0.1) is 16.2 Å². The van der Waals surface area contributed by atoms with Crippen LogP contribution in [0.5, 0.6) is 0 Å². The van der Waals surface area contributed by atoms with Gasteiger partial charge in [-0.3, -0.25) is 0 Å². The van der Waals surface area contributed by atoms with Gasteiger partial charge in [0.2, 0.25) is 0 Å². The molecule has 2 heterocycles. The topological polar surface area (TPSA) is 119 Å². The molecule has 0 spiro atoms. The maximum absolute atomic E-state index is 8.60. The summed E-state index contributed by atoms with van der Waals surface area (Å²) in [4.78, 5) is 5.42. The summed E-state index contributed by atoms with van der Waals surface area (Å²) in [5, 5.41) is 4.33. The number of fused-ring (bicyclic) bond motifs is 3. The maximum atomic E-state index is 8.60. The highest BCUT2D eigenvalue weighted by atomic mass is 35.7. The van der Waals surface area contributed by atoms with E-state index in [2.05, 4.69) is 17.0 Å². The molecule has 2 aromatic heterocycles. The number of hydrogen-bond donors (Lipinski definition) is 1. The molecule has 1 unspecified atom stereocenters. The van der Waals surface area contributed by atoms with Crippen LogP contribution in [0.15, 0.2) is 11.7 Å². The molecule has 1 atom stereocenters. The summed E-state index contributed by atoms with van der Waals surface area (Å²) >= 11 is 1.60. The Hall–Kier alpha value is -0.900. The Morgan fingerprint density at radius 3 is 2.84 bits per heavy atom. The number of aromatic nitrogens is 3. The van der Waals surface area contributed by atoms with Gasteiger partial charge in [0.1, 0.15) is 17.4 Å². The van der Waals surface area contributed by atoms with Gasteiger partial charge in [0, 0.05) is 12.0 Å². The predicted octanol–water partition coefficient (Wildman–Crippen LogP) is -2.72. The largest absolute Gasteiger partial charge is 0.409 e. The maximum Gasteiger partial charge on any atom is 0.409 e. The molecule has 1 aliphatic carbocycles. The first-order valence-electron chi connectivity index (χ1n) is 5.60. The monoisotopic (exact) mass is 306 g/mol. The Labute approximate surface area is 115 Å². The lowest BCUT2D eigenvalue weighted by atomic mass is 9.89. The van der Waals surface area contributed by atoms with E-state index >= 15 is 0 Å². The van der Waals surface area contributed by atoms with E-state index in [0.29, 0.717) is 0 Å². The lowest BCUT2D eigenvalue weighted by Crippen LogP contribution is -2.58. The summed E-state index contributed by atoms with van der Waals surface area (Å²) in [5.41, 5.74) is 4.61. The van der Waals surface area contributed by atoms with Crippen molar-refractivity contribution in [1.82, 2.24) is 10.1 Å². The molecule has 0 radical (unpaired) electrons. The first-order chi connectivity index (χ1) is 8.84. The minimum absolute atomic E-state index is 0.793. The van der Waals surface area contributed by atoms with Gasteiger partial charge in [-0.05, 0) is 35.1 Å². The lowest BCUT2D eigenvalue weighted by molar-refractivity contribution is -1.92. The molecule has 1 N–H and O–H groups in total. The smallest absolute Gasteiger partial charge is 0.183 e. The molecule has 0 saturated carbocycles. The molecule has 3 rings (SSSR count). The molecule has 0 amide bonds. The third-order valence-electron chi connectivity index (χ3n) is 2.90. The van der Waals surface area contributed by atoms with Crippen LogP contribution in [-0.2, 0) is 12.8 Å². The molecule has 0 saturated heterocycles. The van der Waals surface area contributed by atoms with Gasteiger partial charge < -0.3 is 0 Å². The van der Waals surface area contributed by atoms with Gasteiger partial charge in [-0.2, -0.15) is 14.0 Å². The summed E-state index contributed by atoms with van der Waals surface area (Å²) < 4.78 is 34.7. The Balaban J connectivity index is 0.000000232. The number of nitrogens with zero attached hydrogens (tertiary/aromatic N) is 3. The van der Waals surface area contributed by atoms with Crippen molar-refractivity contribution >= 4 is 16.3 Å². The minimum Gasteiger partial charge on any atom is -0.183 e. The van der Waals surface area contributed by atoms with Crippen LogP contribution in [-0.4, -0.2) is 14.7 Å². The Bertz CT molecular complexity index is 565. The van der Waals surface area contributed by atoms with Crippen molar-refractivity contribution in [1.29, 1.82) is 0 Å². The molecule has 7 nitrogen and oxygen atoms in total. The first kappa shape index (κ1) is 14.5. The van der Waals surface area contributed by atoms with Crippen LogP contribution < -0.4 is 18.5 Å². The second kappa shape index (κ2) is 5.61. The third-order valence-corrected chi connectivity index (χ3v) is 3.59. The number of hydrogen-bond acceptors (Lipinski definition) is 7. The molecule has 2 aromatic rings. The summed E-state index contributed by atoms with van der Waals surface area (Å²) in [7, 11) is -4.69. The molecule has 0 bridgehead atoms. The number of aryl methyl sites for hydroxylation is 1. The van der Waals surface area contributed by atoms with E-state index in [4.69, 9.17) is 18.6 Å². The molecule has 0 fully saturated rings. The van der Waals surface area contributed by atoms with Gasteiger partial charge in [0.15, 0.2) is 0 Å². The van der Waals surface area contributed by atoms with Gasteiger partial charge in [0.05, 0.1) is 14.9 Å². The molecule has 0 aliphatic heterocycles. The van der Waals surface area contributed by atoms with Crippen molar-refractivity contribution in [2.24, 2.45) is 5.92 Å². The van der Waals surface area contributed by atoms with Gasteiger partial charge in [-0.1, -0.05) is 16.5 Å². The van der Waals surface area contributed by atoms with E-state index in [1.165, 1.54) is 17.7 Å². The van der Waals surface area contributed by atoms with Gasteiger partial charge in [-0.15, -0.1) is 0 Å². The fourth-order valence-electron chi connectivity index (χ4n) is 2.13. The average Bonchev–Trinajstić information content (AvgIpc) is 2.74. The van der Waals surface area contributed by atoms with Crippen molar-refractivity contribution in [3.8, 4) is 0 Å². The molecular formula is C10H13ClN3O4S+. The van der Waals surface area contributed by atoms with E-state index in [1.54, 1.807) is 11.3 Å². The Morgan fingerprint density at radius 2 is 2.16 bits per heavy atom. The van der Waals surface area contributed by atoms with Crippen molar-refractivity contribution in [2.75, 3.05) is 0 Å². The van der Waals surface area contributed by atoms with Crippen molar-refractivity contribution in [3.63, 3.8) is 0 Å². The highest BCUT2D eigenvalue weighted by molar-refractivity contribution is 7.14. The van der Waals surface area contributed by atoms with Gasteiger partial charge in [0.25, 0.3) is 0 Å². The molecule has 19 heavy (non-hydrogen) atoms. The molecule has 0 aromatic carbocycles. The number of halogens is 1. The zero-order valence-electron chi connectivity index (χ0n) is 10.2. The highest BCUT2D eigenvalue weighted by Crippen LogP contribution is 2.22. The molecular weight excluding hydrogens is 294 g/mol. The zero-order chi connectivity index (χ0) is 14.0. The van der Waals surface area contributed by atoms with Gasteiger partial charge >= 0.3 is 4.96 Å². The van der Waals surface area contributed by atoms with Gasteiger partial charge in [-0.25, -0.2) is 0 Å². The Morgan fingerprint density at radius 1 is 1.47 bits per heavy atom. The van der Waals surface area contributed by atoms with E-state index in [1.807, 2.05) is 16.2 Å². The van der Waals surface area contributed by atoms with Crippen LogP contribution in [0.25, 0.3) is 4.96 Å². The second-order valence-corrected chi connectivity index (χ2v) is 6.01. The molecule has 104 valence electrons. The molecule has 9 heteroatoms. The normalized spacial score (nSPS) is 18.7. The lowest BCUT2D eigenvalue weighted by Gasteiger charge is -2.16. The average molecular weight is 307 g/mol. The van der Waals surface area contributed by atoms with Crippen LogP contribution in [0.4, 0.5) is 0 Å². The SMILES string of the molecule is CC1CCc2c(cnc3scn[n+]23)C1.[O-][Cl+3]([O-])([O-])O. The van der Waals surface area contributed by atoms with Crippen molar-refractivity contribution in [2.45, 2.75) is 26.2 Å². The van der Waals surface area contributed by atoms with Crippen LogP contribution in [0.1, 0.15) is 24.6 Å². The zero-order valence-corrected chi connectivity index (χ0v) is 11.7.